The van der Waals surface area contributed by atoms with Crippen molar-refractivity contribution in [1.29, 1.82) is 0 Å². The van der Waals surface area contributed by atoms with Crippen molar-refractivity contribution >= 4 is 0 Å². The molecular weight excluding hydrogens is 312 g/mol. The fourth-order valence-corrected chi connectivity index (χ4v) is 2.76. The van der Waals surface area contributed by atoms with E-state index < -0.39 is 6.10 Å². The largest absolute Gasteiger partial charge is 0.497 e. The minimum atomic E-state index is -0.640. The Hall–Kier alpha value is -2.78. The van der Waals surface area contributed by atoms with Crippen molar-refractivity contribution in [2.45, 2.75) is 19.1 Å². The molecule has 0 heterocycles. The Bertz CT molecular complexity index is 799. The van der Waals surface area contributed by atoms with Crippen LogP contribution in [0.25, 0.3) is 0 Å². The zero-order chi connectivity index (χ0) is 17.5. The van der Waals surface area contributed by atoms with E-state index in [0.29, 0.717) is 18.8 Å². The molecule has 0 bridgehead atoms. The Morgan fingerprint density at radius 3 is 2.36 bits per heavy atom. The van der Waals surface area contributed by atoms with Crippen LogP contribution in [-0.4, -0.2) is 12.2 Å². The molecular formula is C22H22O3. The molecule has 1 N–H and O–H groups in total. The summed E-state index contributed by atoms with van der Waals surface area (Å²) in [5.74, 6) is 1.50. The minimum Gasteiger partial charge on any atom is -0.497 e. The molecule has 3 aromatic carbocycles. The molecule has 0 radical (unpaired) electrons. The first kappa shape index (κ1) is 17.1. The van der Waals surface area contributed by atoms with Gasteiger partial charge in [0, 0.05) is 12.0 Å². The number of ether oxygens (including phenoxy) is 2. The Morgan fingerprint density at radius 2 is 1.56 bits per heavy atom. The number of hydrogen-bond donors (Lipinski definition) is 1. The van der Waals surface area contributed by atoms with Crippen LogP contribution in [0.1, 0.15) is 22.8 Å². The van der Waals surface area contributed by atoms with Gasteiger partial charge >= 0.3 is 0 Å². The number of aliphatic hydroxyl groups excluding tert-OH is 1. The third-order valence-electron chi connectivity index (χ3n) is 4.08. The third kappa shape index (κ3) is 4.61. The number of aliphatic hydroxyl groups is 1. The van der Waals surface area contributed by atoms with Crippen molar-refractivity contribution in [3.05, 3.63) is 95.6 Å². The molecule has 3 nitrogen and oxygen atoms in total. The Labute approximate surface area is 148 Å². The maximum atomic E-state index is 10.7. The molecule has 128 valence electrons. The normalized spacial score (nSPS) is 11.8. The highest BCUT2D eigenvalue weighted by atomic mass is 16.5. The van der Waals surface area contributed by atoms with Gasteiger partial charge in [-0.15, -0.1) is 0 Å². The van der Waals surface area contributed by atoms with Crippen LogP contribution in [-0.2, 0) is 13.0 Å². The molecule has 0 fully saturated rings. The summed E-state index contributed by atoms with van der Waals surface area (Å²) in [4.78, 5) is 0. The van der Waals surface area contributed by atoms with Gasteiger partial charge in [-0.1, -0.05) is 60.7 Å². The predicted molar refractivity (Wildman–Crippen MR) is 98.9 cm³/mol. The molecule has 0 saturated heterocycles. The monoisotopic (exact) mass is 334 g/mol. The molecule has 0 aliphatic carbocycles. The maximum Gasteiger partial charge on any atom is 0.125 e. The predicted octanol–water partition coefficient (Wildman–Crippen LogP) is 4.55. The molecule has 0 aromatic heterocycles. The summed E-state index contributed by atoms with van der Waals surface area (Å²) < 4.78 is 11.2. The third-order valence-corrected chi connectivity index (χ3v) is 4.08. The van der Waals surface area contributed by atoms with Gasteiger partial charge < -0.3 is 14.6 Å². The molecule has 0 aliphatic heterocycles. The van der Waals surface area contributed by atoms with Crippen molar-refractivity contribution in [2.75, 3.05) is 7.11 Å². The minimum absolute atomic E-state index is 0.476. The molecule has 0 spiro atoms. The Balaban J connectivity index is 1.72. The molecule has 3 heteroatoms. The molecule has 25 heavy (non-hydrogen) atoms. The molecule has 0 saturated carbocycles. The first-order valence-electron chi connectivity index (χ1n) is 8.33. The lowest BCUT2D eigenvalue weighted by Crippen LogP contribution is -2.06. The van der Waals surface area contributed by atoms with Gasteiger partial charge in [-0.05, 0) is 29.3 Å². The molecule has 0 aliphatic rings. The lowest BCUT2D eigenvalue weighted by Gasteiger charge is -2.17. The van der Waals surface area contributed by atoms with Crippen LogP contribution in [0.2, 0.25) is 0 Å². The summed E-state index contributed by atoms with van der Waals surface area (Å²) in [6, 6.07) is 25.4. The molecule has 3 aromatic rings. The molecule has 3 rings (SSSR count). The Kier molecular flexibility index (Phi) is 5.70. The van der Waals surface area contributed by atoms with Gasteiger partial charge in [0.2, 0.25) is 0 Å². The Morgan fingerprint density at radius 1 is 0.840 bits per heavy atom. The smallest absolute Gasteiger partial charge is 0.125 e. The summed E-state index contributed by atoms with van der Waals surface area (Å²) in [5, 5.41) is 10.7. The van der Waals surface area contributed by atoms with Crippen LogP contribution in [0.4, 0.5) is 0 Å². The van der Waals surface area contributed by atoms with Crippen LogP contribution in [0.5, 0.6) is 11.5 Å². The van der Waals surface area contributed by atoms with Crippen molar-refractivity contribution < 1.29 is 14.6 Å². The highest BCUT2D eigenvalue weighted by molar-refractivity contribution is 5.37. The quantitative estimate of drug-likeness (QED) is 0.689. The summed E-state index contributed by atoms with van der Waals surface area (Å²) in [5.41, 5.74) is 2.91. The SMILES string of the molecule is COc1cccc(CC(O)c2ccccc2OCc2ccccc2)c1. The van der Waals surface area contributed by atoms with Crippen molar-refractivity contribution in [2.24, 2.45) is 0 Å². The van der Waals surface area contributed by atoms with E-state index in [2.05, 4.69) is 0 Å². The molecule has 1 unspecified atom stereocenters. The van der Waals surface area contributed by atoms with E-state index >= 15 is 0 Å². The van der Waals surface area contributed by atoms with Gasteiger partial charge in [0.25, 0.3) is 0 Å². The molecule has 0 amide bonds. The van der Waals surface area contributed by atoms with Gasteiger partial charge in [-0.2, -0.15) is 0 Å². The summed E-state index contributed by atoms with van der Waals surface area (Å²) in [6.07, 6.45) is -0.137. The first-order valence-corrected chi connectivity index (χ1v) is 8.33. The van der Waals surface area contributed by atoms with Crippen molar-refractivity contribution in [3.63, 3.8) is 0 Å². The van der Waals surface area contributed by atoms with Crippen molar-refractivity contribution in [3.8, 4) is 11.5 Å². The van der Waals surface area contributed by atoms with E-state index in [9.17, 15) is 5.11 Å². The number of para-hydroxylation sites is 1. The molecule has 1 atom stereocenters. The van der Waals surface area contributed by atoms with Crippen LogP contribution in [0.15, 0.2) is 78.9 Å². The zero-order valence-corrected chi connectivity index (χ0v) is 14.3. The lowest BCUT2D eigenvalue weighted by atomic mass is 10.0. The van der Waals surface area contributed by atoms with Crippen LogP contribution >= 0.6 is 0 Å². The van der Waals surface area contributed by atoms with Gasteiger partial charge in [0.1, 0.15) is 18.1 Å². The average molecular weight is 334 g/mol. The average Bonchev–Trinajstić information content (AvgIpc) is 2.67. The van der Waals surface area contributed by atoms with E-state index in [1.165, 1.54) is 0 Å². The van der Waals surface area contributed by atoms with Crippen molar-refractivity contribution in [1.82, 2.24) is 0 Å². The maximum absolute atomic E-state index is 10.7. The summed E-state index contributed by atoms with van der Waals surface area (Å²) >= 11 is 0. The van der Waals surface area contributed by atoms with E-state index in [1.54, 1.807) is 7.11 Å². The number of benzene rings is 3. The number of rotatable bonds is 7. The highest BCUT2D eigenvalue weighted by Crippen LogP contribution is 2.29. The first-order chi connectivity index (χ1) is 12.3. The van der Waals surface area contributed by atoms with E-state index in [1.807, 2.05) is 78.9 Å². The fraction of sp³-hybridized carbons (Fsp3) is 0.182. The van der Waals surface area contributed by atoms with Gasteiger partial charge in [-0.25, -0.2) is 0 Å². The number of methoxy groups -OCH3 is 1. The van der Waals surface area contributed by atoms with Gasteiger partial charge in [0.05, 0.1) is 13.2 Å². The van der Waals surface area contributed by atoms with Crippen LogP contribution in [0.3, 0.4) is 0 Å². The lowest BCUT2D eigenvalue weighted by molar-refractivity contribution is 0.170. The standard InChI is InChI=1S/C22H22O3/c1-24-19-11-7-10-18(14-19)15-21(23)20-12-5-6-13-22(20)25-16-17-8-3-2-4-9-17/h2-14,21,23H,15-16H2,1H3. The van der Waals surface area contributed by atoms with Crippen LogP contribution in [0, 0.1) is 0 Å². The summed E-state index contributed by atoms with van der Waals surface area (Å²) in [7, 11) is 1.64. The second-order valence-electron chi connectivity index (χ2n) is 5.88. The second-order valence-corrected chi connectivity index (χ2v) is 5.88. The van der Waals surface area contributed by atoms with Gasteiger partial charge in [0.15, 0.2) is 0 Å². The van der Waals surface area contributed by atoms with Gasteiger partial charge in [-0.3, -0.25) is 0 Å². The van der Waals surface area contributed by atoms with E-state index in [0.717, 1.165) is 22.4 Å². The van der Waals surface area contributed by atoms with Crippen LogP contribution < -0.4 is 9.47 Å². The topological polar surface area (TPSA) is 38.7 Å². The highest BCUT2D eigenvalue weighted by Gasteiger charge is 2.14. The summed E-state index contributed by atoms with van der Waals surface area (Å²) in [6.45, 7) is 0.476. The van der Waals surface area contributed by atoms with E-state index in [4.69, 9.17) is 9.47 Å². The number of hydrogen-bond acceptors (Lipinski definition) is 3. The van der Waals surface area contributed by atoms with E-state index in [-0.39, 0.29) is 0 Å². The second kappa shape index (κ2) is 8.36. The zero-order valence-electron chi connectivity index (χ0n) is 14.3. The fourth-order valence-electron chi connectivity index (χ4n) is 2.76.